The van der Waals surface area contributed by atoms with Crippen LogP contribution >= 0.6 is 0 Å². The lowest BCUT2D eigenvalue weighted by Gasteiger charge is -2.14. The summed E-state index contributed by atoms with van der Waals surface area (Å²) in [5, 5.41) is 13.3. The second kappa shape index (κ2) is 4.53. The molecule has 2 N–H and O–H groups in total. The molecule has 19 heavy (non-hydrogen) atoms. The topological polar surface area (TPSA) is 32.3 Å². The Morgan fingerprint density at radius 3 is 2.26 bits per heavy atom. The first-order chi connectivity index (χ1) is 8.68. The first kappa shape index (κ1) is 14.4. The maximum Gasteiger partial charge on any atom is 0.131 e. The smallest absolute Gasteiger partial charge is 0.131 e. The van der Waals surface area contributed by atoms with Crippen LogP contribution in [0, 0.1) is 22.5 Å². The number of rotatable bonds is 4. The van der Waals surface area contributed by atoms with Crippen molar-refractivity contribution in [2.75, 3.05) is 6.54 Å². The van der Waals surface area contributed by atoms with Crippen LogP contribution in [0.3, 0.4) is 0 Å². The van der Waals surface area contributed by atoms with Crippen LogP contribution in [0.25, 0.3) is 0 Å². The molecule has 1 aromatic carbocycles. The number of hydrogen-bond donors (Lipinski definition) is 2. The van der Waals surface area contributed by atoms with Crippen molar-refractivity contribution in [2.24, 2.45) is 10.8 Å². The Kier molecular flexibility index (Phi) is 3.43. The van der Waals surface area contributed by atoms with Crippen molar-refractivity contribution < 1.29 is 13.9 Å². The average molecular weight is 269 g/mol. The SMILES string of the molecule is CC1(C)C(NCC(O)c2ccc(F)cc2F)C1(C)C. The molecular weight excluding hydrogens is 248 g/mol. The summed E-state index contributed by atoms with van der Waals surface area (Å²) in [7, 11) is 0. The maximum atomic E-state index is 13.5. The number of nitrogens with one attached hydrogen (secondary N) is 1. The van der Waals surface area contributed by atoms with Crippen molar-refractivity contribution in [3.05, 3.63) is 35.4 Å². The van der Waals surface area contributed by atoms with Crippen molar-refractivity contribution >= 4 is 0 Å². The lowest BCUT2D eigenvalue weighted by Crippen LogP contribution is -2.28. The van der Waals surface area contributed by atoms with E-state index in [1.165, 1.54) is 6.07 Å². The molecule has 1 atom stereocenters. The number of aliphatic hydroxyl groups excluding tert-OH is 1. The van der Waals surface area contributed by atoms with E-state index in [1.807, 2.05) is 0 Å². The van der Waals surface area contributed by atoms with Crippen LogP contribution in [-0.2, 0) is 0 Å². The third-order valence-electron chi connectivity index (χ3n) is 4.86. The molecule has 2 nitrogen and oxygen atoms in total. The fourth-order valence-corrected chi connectivity index (χ4v) is 2.82. The summed E-state index contributed by atoms with van der Waals surface area (Å²) in [5.74, 6) is -1.34. The molecule has 1 unspecified atom stereocenters. The number of hydrogen-bond acceptors (Lipinski definition) is 2. The Bertz CT molecular complexity index is 471. The fraction of sp³-hybridized carbons (Fsp3) is 0.600. The molecule has 1 fully saturated rings. The largest absolute Gasteiger partial charge is 0.387 e. The van der Waals surface area contributed by atoms with Gasteiger partial charge in [0.05, 0.1) is 6.10 Å². The Hall–Kier alpha value is -1.00. The number of aliphatic hydroxyl groups is 1. The van der Waals surface area contributed by atoms with Gasteiger partial charge in [0.15, 0.2) is 0 Å². The highest BCUT2D eigenvalue weighted by atomic mass is 19.1. The van der Waals surface area contributed by atoms with Gasteiger partial charge in [-0.15, -0.1) is 0 Å². The van der Waals surface area contributed by atoms with Crippen molar-refractivity contribution in [3.8, 4) is 0 Å². The van der Waals surface area contributed by atoms with E-state index in [0.29, 0.717) is 0 Å². The molecule has 4 heteroatoms. The van der Waals surface area contributed by atoms with Crippen LogP contribution < -0.4 is 5.32 Å². The molecule has 0 heterocycles. The monoisotopic (exact) mass is 269 g/mol. The van der Waals surface area contributed by atoms with Gasteiger partial charge in [0.2, 0.25) is 0 Å². The molecule has 1 saturated carbocycles. The lowest BCUT2D eigenvalue weighted by atomic mass is 10.0. The van der Waals surface area contributed by atoms with Gasteiger partial charge in [0.25, 0.3) is 0 Å². The van der Waals surface area contributed by atoms with Crippen LogP contribution in [0.15, 0.2) is 18.2 Å². The predicted molar refractivity (Wildman–Crippen MR) is 70.7 cm³/mol. The van der Waals surface area contributed by atoms with Gasteiger partial charge >= 0.3 is 0 Å². The molecule has 2 rings (SSSR count). The molecule has 0 aromatic heterocycles. The highest BCUT2D eigenvalue weighted by molar-refractivity contribution is 5.22. The zero-order valence-corrected chi connectivity index (χ0v) is 11.8. The fourth-order valence-electron chi connectivity index (χ4n) is 2.82. The third-order valence-corrected chi connectivity index (χ3v) is 4.86. The van der Waals surface area contributed by atoms with Crippen LogP contribution in [0.4, 0.5) is 8.78 Å². The molecule has 0 aliphatic heterocycles. The summed E-state index contributed by atoms with van der Waals surface area (Å²) >= 11 is 0. The molecule has 1 aliphatic carbocycles. The maximum absolute atomic E-state index is 13.5. The Labute approximate surface area is 112 Å². The molecule has 0 bridgehead atoms. The zero-order chi connectivity index (χ0) is 14.4. The summed E-state index contributed by atoms with van der Waals surface area (Å²) in [4.78, 5) is 0. The van der Waals surface area contributed by atoms with E-state index in [4.69, 9.17) is 0 Å². The van der Waals surface area contributed by atoms with E-state index >= 15 is 0 Å². The minimum Gasteiger partial charge on any atom is -0.387 e. The Morgan fingerprint density at radius 1 is 1.21 bits per heavy atom. The van der Waals surface area contributed by atoms with E-state index in [-0.39, 0.29) is 29.0 Å². The first-order valence-electron chi connectivity index (χ1n) is 6.54. The quantitative estimate of drug-likeness (QED) is 0.880. The highest BCUT2D eigenvalue weighted by Gasteiger charge is 2.64. The van der Waals surface area contributed by atoms with Gasteiger partial charge in [-0.25, -0.2) is 8.78 Å². The molecule has 1 aromatic rings. The molecule has 0 spiro atoms. The van der Waals surface area contributed by atoms with Crippen molar-refractivity contribution in [1.82, 2.24) is 5.32 Å². The van der Waals surface area contributed by atoms with Gasteiger partial charge in [-0.1, -0.05) is 33.8 Å². The number of halogens is 2. The lowest BCUT2D eigenvalue weighted by molar-refractivity contribution is 0.167. The predicted octanol–water partition coefficient (Wildman–Crippen LogP) is 3.02. The Morgan fingerprint density at radius 2 is 1.79 bits per heavy atom. The minimum atomic E-state index is -0.965. The van der Waals surface area contributed by atoms with Crippen LogP contribution in [0.2, 0.25) is 0 Å². The summed E-state index contributed by atoms with van der Waals surface area (Å²) < 4.78 is 26.3. The highest BCUT2D eigenvalue weighted by Crippen LogP contribution is 2.62. The molecular formula is C15H21F2NO. The van der Waals surface area contributed by atoms with Gasteiger partial charge < -0.3 is 10.4 Å². The van der Waals surface area contributed by atoms with Crippen LogP contribution in [-0.4, -0.2) is 17.7 Å². The Balaban J connectivity index is 1.98. The van der Waals surface area contributed by atoms with Gasteiger partial charge in [-0.3, -0.25) is 0 Å². The van der Waals surface area contributed by atoms with Crippen molar-refractivity contribution in [3.63, 3.8) is 0 Å². The third kappa shape index (κ3) is 2.39. The molecule has 1 aliphatic rings. The van der Waals surface area contributed by atoms with Gasteiger partial charge in [-0.2, -0.15) is 0 Å². The van der Waals surface area contributed by atoms with E-state index in [9.17, 15) is 13.9 Å². The van der Waals surface area contributed by atoms with E-state index in [1.54, 1.807) is 0 Å². The van der Waals surface area contributed by atoms with E-state index in [2.05, 4.69) is 33.0 Å². The second-order valence-electron chi connectivity index (χ2n) is 6.47. The van der Waals surface area contributed by atoms with E-state index in [0.717, 1.165) is 12.1 Å². The average Bonchev–Trinajstić information content (AvgIpc) is 2.66. The number of benzene rings is 1. The van der Waals surface area contributed by atoms with E-state index < -0.39 is 17.7 Å². The van der Waals surface area contributed by atoms with Crippen molar-refractivity contribution in [2.45, 2.75) is 39.8 Å². The summed E-state index contributed by atoms with van der Waals surface area (Å²) in [5.41, 5.74) is 0.451. The summed E-state index contributed by atoms with van der Waals surface area (Å²) in [6.07, 6.45) is -0.965. The van der Waals surface area contributed by atoms with Crippen molar-refractivity contribution in [1.29, 1.82) is 0 Å². The van der Waals surface area contributed by atoms with Gasteiger partial charge in [0, 0.05) is 24.2 Å². The second-order valence-corrected chi connectivity index (χ2v) is 6.47. The summed E-state index contributed by atoms with van der Waals surface area (Å²) in [6, 6.07) is 3.54. The van der Waals surface area contributed by atoms with Gasteiger partial charge in [0.1, 0.15) is 11.6 Å². The van der Waals surface area contributed by atoms with Gasteiger partial charge in [-0.05, 0) is 16.9 Å². The first-order valence-corrected chi connectivity index (χ1v) is 6.54. The minimum absolute atomic E-state index is 0.130. The molecule has 0 radical (unpaired) electrons. The van der Waals surface area contributed by atoms with Crippen LogP contribution in [0.1, 0.15) is 39.4 Å². The normalized spacial score (nSPS) is 22.3. The zero-order valence-electron chi connectivity index (χ0n) is 11.8. The summed E-state index contributed by atoms with van der Waals surface area (Å²) in [6.45, 7) is 8.91. The van der Waals surface area contributed by atoms with Crippen LogP contribution in [0.5, 0.6) is 0 Å². The molecule has 106 valence electrons. The standard InChI is InChI=1S/C15H21F2NO/c1-14(2)13(15(14,3)4)18-8-12(19)10-6-5-9(16)7-11(10)17/h5-7,12-13,18-19H,8H2,1-4H3. The molecule has 0 saturated heterocycles. The molecule has 0 amide bonds.